The Bertz CT molecular complexity index is 363. The first kappa shape index (κ1) is 10.8. The predicted molar refractivity (Wildman–Crippen MR) is 66.7 cm³/mol. The van der Waals surface area contributed by atoms with E-state index in [-0.39, 0.29) is 6.10 Å². The number of hydrogen-bond acceptors (Lipinski definition) is 3. The van der Waals surface area contributed by atoms with Crippen molar-refractivity contribution in [2.75, 3.05) is 6.54 Å². The molecule has 1 aliphatic carbocycles. The summed E-state index contributed by atoms with van der Waals surface area (Å²) in [5.74, 6) is 0. The average molecular weight is 237 g/mol. The van der Waals surface area contributed by atoms with Crippen molar-refractivity contribution in [2.45, 2.75) is 50.8 Å². The summed E-state index contributed by atoms with van der Waals surface area (Å²) >= 11 is 1.89. The highest BCUT2D eigenvalue weighted by Gasteiger charge is 2.30. The Kier molecular flexibility index (Phi) is 3.01. The minimum Gasteiger partial charge on any atom is -0.391 e. The second-order valence-electron chi connectivity index (χ2n) is 5.01. The van der Waals surface area contributed by atoms with E-state index in [0.717, 1.165) is 19.5 Å². The largest absolute Gasteiger partial charge is 0.391 e. The maximum atomic E-state index is 10.1. The molecule has 0 saturated heterocycles. The molecule has 0 amide bonds. The SMILES string of the molecule is O[C@@H]1CCCC[C@@H]1N1CCc2sccc2C1. The van der Waals surface area contributed by atoms with E-state index in [1.807, 2.05) is 11.3 Å². The molecule has 1 aliphatic heterocycles. The quantitative estimate of drug-likeness (QED) is 0.811. The standard InChI is InChI=1S/C13H19NOS/c15-12-4-2-1-3-11(12)14-7-5-13-10(9-14)6-8-16-13/h6,8,11-12,15H,1-5,7,9H2/t11-,12+/m0/s1. The van der Waals surface area contributed by atoms with Gasteiger partial charge in [0.15, 0.2) is 0 Å². The highest BCUT2D eigenvalue weighted by atomic mass is 32.1. The molecule has 2 aliphatic rings. The third-order valence-corrected chi connectivity index (χ3v) is 5.02. The summed E-state index contributed by atoms with van der Waals surface area (Å²) in [6.07, 6.45) is 5.76. The van der Waals surface area contributed by atoms with Crippen LogP contribution >= 0.6 is 11.3 Å². The van der Waals surface area contributed by atoms with Crippen LogP contribution in [0.4, 0.5) is 0 Å². The topological polar surface area (TPSA) is 23.5 Å². The normalized spacial score (nSPS) is 31.3. The fraction of sp³-hybridized carbons (Fsp3) is 0.692. The van der Waals surface area contributed by atoms with Gasteiger partial charge in [0.05, 0.1) is 6.10 Å². The highest BCUT2D eigenvalue weighted by Crippen LogP contribution is 2.30. The molecular weight excluding hydrogens is 218 g/mol. The summed E-state index contributed by atoms with van der Waals surface area (Å²) in [4.78, 5) is 4.06. The lowest BCUT2D eigenvalue weighted by Crippen LogP contribution is -2.47. The minimum absolute atomic E-state index is 0.0889. The van der Waals surface area contributed by atoms with Gasteiger partial charge < -0.3 is 5.11 Å². The van der Waals surface area contributed by atoms with Crippen molar-refractivity contribution in [3.8, 4) is 0 Å². The van der Waals surface area contributed by atoms with Gasteiger partial charge in [-0.15, -0.1) is 11.3 Å². The van der Waals surface area contributed by atoms with Crippen molar-refractivity contribution in [1.82, 2.24) is 4.90 Å². The number of aliphatic hydroxyl groups is 1. The molecule has 2 nitrogen and oxygen atoms in total. The highest BCUT2D eigenvalue weighted by molar-refractivity contribution is 7.10. The van der Waals surface area contributed by atoms with Crippen LogP contribution in [0, 0.1) is 0 Å². The zero-order valence-corrected chi connectivity index (χ0v) is 10.4. The van der Waals surface area contributed by atoms with Gasteiger partial charge in [-0.3, -0.25) is 4.90 Å². The van der Waals surface area contributed by atoms with Crippen LogP contribution in [-0.2, 0) is 13.0 Å². The van der Waals surface area contributed by atoms with Gasteiger partial charge in [-0.05, 0) is 36.3 Å². The average Bonchev–Trinajstić information content (AvgIpc) is 2.76. The van der Waals surface area contributed by atoms with E-state index >= 15 is 0 Å². The minimum atomic E-state index is -0.0889. The lowest BCUT2D eigenvalue weighted by atomic mass is 9.90. The Morgan fingerprint density at radius 3 is 3.06 bits per heavy atom. The van der Waals surface area contributed by atoms with Crippen molar-refractivity contribution in [3.05, 3.63) is 21.9 Å². The molecule has 1 aromatic rings. The van der Waals surface area contributed by atoms with Crippen LogP contribution in [0.3, 0.4) is 0 Å². The third kappa shape index (κ3) is 1.92. The van der Waals surface area contributed by atoms with Crippen LogP contribution < -0.4 is 0 Å². The molecular formula is C13H19NOS. The van der Waals surface area contributed by atoms with Gasteiger partial charge in [-0.2, -0.15) is 0 Å². The molecule has 2 atom stereocenters. The number of aliphatic hydroxyl groups excluding tert-OH is 1. The van der Waals surface area contributed by atoms with E-state index in [4.69, 9.17) is 0 Å². The molecule has 88 valence electrons. The Labute approximate surface area is 101 Å². The summed E-state index contributed by atoms with van der Waals surface area (Å²) in [5.41, 5.74) is 1.49. The first-order chi connectivity index (χ1) is 7.84. The van der Waals surface area contributed by atoms with Gasteiger partial charge in [-0.1, -0.05) is 12.8 Å². The molecule has 3 rings (SSSR count). The number of nitrogens with zero attached hydrogens (tertiary/aromatic N) is 1. The number of rotatable bonds is 1. The van der Waals surface area contributed by atoms with Crippen LogP contribution in [-0.4, -0.2) is 28.7 Å². The second kappa shape index (κ2) is 4.47. The van der Waals surface area contributed by atoms with Crippen LogP contribution in [0.15, 0.2) is 11.4 Å². The molecule has 0 aromatic carbocycles. The number of fused-ring (bicyclic) bond motifs is 1. The van der Waals surface area contributed by atoms with E-state index in [1.165, 1.54) is 31.2 Å². The molecule has 1 aromatic heterocycles. The Morgan fingerprint density at radius 2 is 2.19 bits per heavy atom. The van der Waals surface area contributed by atoms with Gasteiger partial charge >= 0.3 is 0 Å². The Hall–Kier alpha value is -0.380. The molecule has 0 spiro atoms. The van der Waals surface area contributed by atoms with E-state index in [0.29, 0.717) is 6.04 Å². The van der Waals surface area contributed by atoms with Crippen LogP contribution in [0.25, 0.3) is 0 Å². The van der Waals surface area contributed by atoms with Crippen molar-refractivity contribution in [1.29, 1.82) is 0 Å². The van der Waals surface area contributed by atoms with Gasteiger partial charge in [0, 0.05) is 24.0 Å². The van der Waals surface area contributed by atoms with Gasteiger partial charge in [0.25, 0.3) is 0 Å². The van der Waals surface area contributed by atoms with Gasteiger partial charge in [0.2, 0.25) is 0 Å². The molecule has 1 N–H and O–H groups in total. The molecule has 16 heavy (non-hydrogen) atoms. The number of thiophene rings is 1. The summed E-state index contributed by atoms with van der Waals surface area (Å²) in [5, 5.41) is 12.3. The molecule has 0 bridgehead atoms. The zero-order valence-electron chi connectivity index (χ0n) is 9.56. The molecule has 3 heteroatoms. The van der Waals surface area contributed by atoms with E-state index in [2.05, 4.69) is 16.3 Å². The van der Waals surface area contributed by atoms with E-state index < -0.39 is 0 Å². The molecule has 0 radical (unpaired) electrons. The van der Waals surface area contributed by atoms with E-state index in [9.17, 15) is 5.11 Å². The maximum Gasteiger partial charge on any atom is 0.0695 e. The van der Waals surface area contributed by atoms with Crippen molar-refractivity contribution >= 4 is 11.3 Å². The van der Waals surface area contributed by atoms with Crippen LogP contribution in [0.1, 0.15) is 36.1 Å². The summed E-state index contributed by atoms with van der Waals surface area (Å²) in [7, 11) is 0. The van der Waals surface area contributed by atoms with E-state index in [1.54, 1.807) is 4.88 Å². The zero-order chi connectivity index (χ0) is 11.0. The van der Waals surface area contributed by atoms with Gasteiger partial charge in [0.1, 0.15) is 0 Å². The monoisotopic (exact) mass is 237 g/mol. The van der Waals surface area contributed by atoms with Crippen LogP contribution in [0.2, 0.25) is 0 Å². The van der Waals surface area contributed by atoms with Crippen LogP contribution in [0.5, 0.6) is 0 Å². The third-order valence-electron chi connectivity index (χ3n) is 4.00. The summed E-state index contributed by atoms with van der Waals surface area (Å²) in [6, 6.07) is 2.67. The second-order valence-corrected chi connectivity index (χ2v) is 6.01. The first-order valence-corrected chi connectivity index (χ1v) is 7.20. The first-order valence-electron chi connectivity index (χ1n) is 6.32. The lowest BCUT2D eigenvalue weighted by molar-refractivity contribution is 0.0135. The Balaban J connectivity index is 1.72. The fourth-order valence-corrected chi connectivity index (χ4v) is 3.96. The maximum absolute atomic E-state index is 10.1. The molecule has 1 saturated carbocycles. The van der Waals surface area contributed by atoms with Gasteiger partial charge in [-0.25, -0.2) is 0 Å². The smallest absolute Gasteiger partial charge is 0.0695 e. The molecule has 0 unspecified atom stereocenters. The Morgan fingerprint density at radius 1 is 1.31 bits per heavy atom. The number of hydrogen-bond donors (Lipinski definition) is 1. The van der Waals surface area contributed by atoms with Crippen molar-refractivity contribution in [3.63, 3.8) is 0 Å². The molecule has 2 heterocycles. The van der Waals surface area contributed by atoms with Crippen molar-refractivity contribution < 1.29 is 5.11 Å². The summed E-state index contributed by atoms with van der Waals surface area (Å²) in [6.45, 7) is 2.19. The fourth-order valence-electron chi connectivity index (χ4n) is 3.07. The summed E-state index contributed by atoms with van der Waals surface area (Å²) < 4.78 is 0. The lowest BCUT2D eigenvalue weighted by Gasteiger charge is -2.39. The predicted octanol–water partition coefficient (Wildman–Crippen LogP) is 2.41. The van der Waals surface area contributed by atoms with Crippen molar-refractivity contribution in [2.24, 2.45) is 0 Å². The molecule has 1 fully saturated rings.